The Morgan fingerprint density at radius 1 is 1.14 bits per heavy atom. The molecular formula is C20H22N6OS. The molecular weight excluding hydrogens is 372 g/mol. The second-order valence-corrected chi connectivity index (χ2v) is 6.48. The monoisotopic (exact) mass is 394 g/mol. The summed E-state index contributed by atoms with van der Waals surface area (Å²) in [6, 6.07) is 13.7. The van der Waals surface area contributed by atoms with Crippen molar-refractivity contribution in [1.29, 1.82) is 0 Å². The molecule has 0 bridgehead atoms. The molecule has 7 nitrogen and oxygen atoms in total. The van der Waals surface area contributed by atoms with E-state index in [4.69, 9.17) is 22.7 Å². The van der Waals surface area contributed by atoms with Gasteiger partial charge in [-0.15, -0.1) is 0 Å². The van der Waals surface area contributed by atoms with Crippen LogP contribution in [0.15, 0.2) is 47.5 Å². The molecule has 144 valence electrons. The lowest BCUT2D eigenvalue weighted by molar-refractivity contribution is 0.419. The van der Waals surface area contributed by atoms with Crippen molar-refractivity contribution in [2.45, 2.75) is 20.3 Å². The lowest BCUT2D eigenvalue weighted by Gasteiger charge is -2.10. The molecule has 0 aliphatic rings. The van der Waals surface area contributed by atoms with E-state index in [9.17, 15) is 0 Å². The van der Waals surface area contributed by atoms with Crippen LogP contribution in [0, 0.1) is 6.92 Å². The van der Waals surface area contributed by atoms with E-state index in [0.717, 1.165) is 23.2 Å². The molecule has 0 amide bonds. The third-order valence-electron chi connectivity index (χ3n) is 4.18. The lowest BCUT2D eigenvalue weighted by atomic mass is 10.1. The molecule has 4 N–H and O–H groups in total. The number of fused-ring (bicyclic) bond motifs is 1. The number of rotatable bonds is 4. The van der Waals surface area contributed by atoms with Crippen molar-refractivity contribution < 1.29 is 4.74 Å². The fourth-order valence-corrected chi connectivity index (χ4v) is 2.94. The second-order valence-electron chi connectivity index (χ2n) is 6.09. The summed E-state index contributed by atoms with van der Waals surface area (Å²) >= 11 is 5.25. The zero-order chi connectivity index (χ0) is 20.1. The van der Waals surface area contributed by atoms with Crippen LogP contribution in [0.3, 0.4) is 0 Å². The van der Waals surface area contributed by atoms with Crippen LogP contribution in [0.25, 0.3) is 10.9 Å². The van der Waals surface area contributed by atoms with Crippen LogP contribution in [0.1, 0.15) is 18.2 Å². The van der Waals surface area contributed by atoms with Crippen molar-refractivity contribution in [2.24, 2.45) is 10.7 Å². The molecule has 3 aromatic rings. The molecule has 1 heterocycles. The van der Waals surface area contributed by atoms with E-state index in [1.165, 1.54) is 5.56 Å². The summed E-state index contributed by atoms with van der Waals surface area (Å²) in [5.74, 6) is 1.08. The first-order valence-electron chi connectivity index (χ1n) is 8.82. The Hall–Kier alpha value is -3.26. The highest BCUT2D eigenvalue weighted by molar-refractivity contribution is 7.80. The molecule has 0 aliphatic heterocycles. The van der Waals surface area contributed by atoms with E-state index < -0.39 is 0 Å². The van der Waals surface area contributed by atoms with Gasteiger partial charge in [-0.2, -0.15) is 4.99 Å². The molecule has 1 aromatic heterocycles. The van der Waals surface area contributed by atoms with Crippen molar-refractivity contribution in [1.82, 2.24) is 9.97 Å². The number of hydrogen-bond donors (Lipinski definition) is 3. The summed E-state index contributed by atoms with van der Waals surface area (Å²) in [5, 5.41) is 7.07. The minimum atomic E-state index is 0.0938. The topological polar surface area (TPSA) is 97.5 Å². The molecule has 0 unspecified atom stereocenters. The zero-order valence-electron chi connectivity index (χ0n) is 16.0. The summed E-state index contributed by atoms with van der Waals surface area (Å²) in [4.78, 5) is 13.1. The van der Waals surface area contributed by atoms with Gasteiger partial charge in [0.2, 0.25) is 17.0 Å². The fraction of sp³-hybridized carbons (Fsp3) is 0.200. The number of nitrogens with zero attached hydrogens (tertiary/aromatic N) is 3. The number of benzene rings is 2. The van der Waals surface area contributed by atoms with Crippen molar-refractivity contribution in [3.8, 4) is 5.75 Å². The molecule has 0 spiro atoms. The number of methoxy groups -OCH3 is 1. The number of nitrogens with two attached hydrogens (primary N) is 1. The first-order valence-corrected chi connectivity index (χ1v) is 9.23. The Morgan fingerprint density at radius 2 is 1.89 bits per heavy atom. The number of hydrogen-bond acceptors (Lipinski definition) is 4. The van der Waals surface area contributed by atoms with Crippen LogP contribution in [-0.2, 0) is 6.42 Å². The summed E-state index contributed by atoms with van der Waals surface area (Å²) in [6.07, 6.45) is 0.982. The van der Waals surface area contributed by atoms with Gasteiger partial charge < -0.3 is 15.8 Å². The molecule has 3 rings (SSSR count). The van der Waals surface area contributed by atoms with Gasteiger partial charge in [0.1, 0.15) is 11.3 Å². The minimum absolute atomic E-state index is 0.0938. The fourth-order valence-electron chi connectivity index (χ4n) is 2.73. The van der Waals surface area contributed by atoms with Crippen molar-refractivity contribution in [2.75, 3.05) is 17.7 Å². The van der Waals surface area contributed by atoms with Crippen LogP contribution in [0.5, 0.6) is 5.75 Å². The first-order chi connectivity index (χ1) is 13.5. The molecule has 0 saturated carbocycles. The second kappa shape index (κ2) is 8.62. The summed E-state index contributed by atoms with van der Waals surface area (Å²) in [6.45, 7) is 4.00. The van der Waals surface area contributed by atoms with Crippen LogP contribution in [0.2, 0.25) is 0 Å². The van der Waals surface area contributed by atoms with Crippen molar-refractivity contribution >= 4 is 45.8 Å². The Bertz CT molecular complexity index is 1030. The molecule has 0 atom stereocenters. The van der Waals surface area contributed by atoms with E-state index in [-0.39, 0.29) is 11.1 Å². The maximum absolute atomic E-state index is 5.97. The maximum Gasteiger partial charge on any atom is 0.230 e. The van der Waals surface area contributed by atoms with Crippen molar-refractivity contribution in [3.05, 3.63) is 53.7 Å². The highest BCUT2D eigenvalue weighted by atomic mass is 32.1. The van der Waals surface area contributed by atoms with Gasteiger partial charge in [0, 0.05) is 11.1 Å². The standard InChI is InChI=1S/C20H22N6OS/c1-4-13-8-10-14(11-9-13)23-20(28)26-18(21)25-19-22-12(2)15-6-5-7-16(27-3)17(15)24-19/h5-11H,4H2,1-3H3,(H4,21,22,23,24,25,26,28). The van der Waals surface area contributed by atoms with Gasteiger partial charge in [-0.25, -0.2) is 9.97 Å². The van der Waals surface area contributed by atoms with E-state index in [0.29, 0.717) is 17.2 Å². The highest BCUT2D eigenvalue weighted by Gasteiger charge is 2.10. The molecule has 0 radical (unpaired) electrons. The number of aromatic nitrogens is 2. The van der Waals surface area contributed by atoms with E-state index in [1.54, 1.807) is 7.11 Å². The average Bonchev–Trinajstić information content (AvgIpc) is 2.68. The van der Waals surface area contributed by atoms with Crippen LogP contribution >= 0.6 is 12.2 Å². The molecule has 8 heteroatoms. The van der Waals surface area contributed by atoms with Crippen LogP contribution < -0.4 is 21.1 Å². The number of aryl methyl sites for hydroxylation is 2. The molecule has 0 saturated heterocycles. The van der Waals surface area contributed by atoms with Crippen LogP contribution in [-0.4, -0.2) is 28.1 Å². The minimum Gasteiger partial charge on any atom is -0.494 e. The third kappa shape index (κ3) is 4.52. The average molecular weight is 395 g/mol. The summed E-state index contributed by atoms with van der Waals surface area (Å²) in [7, 11) is 1.60. The largest absolute Gasteiger partial charge is 0.494 e. The lowest BCUT2D eigenvalue weighted by Crippen LogP contribution is -2.26. The van der Waals surface area contributed by atoms with Gasteiger partial charge in [-0.05, 0) is 49.3 Å². The SMILES string of the molecule is CCc1ccc(NC(=S)N=C(N)Nc2nc(C)c3cccc(OC)c3n2)cc1. The van der Waals surface area contributed by atoms with E-state index in [2.05, 4.69) is 32.5 Å². The van der Waals surface area contributed by atoms with Gasteiger partial charge in [-0.3, -0.25) is 5.32 Å². The summed E-state index contributed by atoms with van der Waals surface area (Å²) in [5.41, 5.74) is 9.57. The molecule has 0 fully saturated rings. The van der Waals surface area contributed by atoms with Gasteiger partial charge in [0.25, 0.3) is 0 Å². The van der Waals surface area contributed by atoms with Gasteiger partial charge in [0.05, 0.1) is 12.8 Å². The Kier molecular flexibility index (Phi) is 6.00. The molecule has 0 aliphatic carbocycles. The number of ether oxygens (including phenoxy) is 1. The molecule has 28 heavy (non-hydrogen) atoms. The smallest absolute Gasteiger partial charge is 0.230 e. The Labute approximate surface area is 169 Å². The van der Waals surface area contributed by atoms with Crippen LogP contribution in [0.4, 0.5) is 11.6 Å². The summed E-state index contributed by atoms with van der Waals surface area (Å²) < 4.78 is 5.38. The van der Waals surface area contributed by atoms with Crippen molar-refractivity contribution in [3.63, 3.8) is 0 Å². The highest BCUT2D eigenvalue weighted by Crippen LogP contribution is 2.26. The first kappa shape index (κ1) is 19.5. The molecule has 2 aromatic carbocycles. The number of nitrogens with one attached hydrogen (secondary N) is 2. The number of para-hydroxylation sites is 1. The number of thiocarbonyl (C=S) groups is 1. The zero-order valence-corrected chi connectivity index (χ0v) is 16.8. The quantitative estimate of drug-likeness (QED) is 0.353. The van der Waals surface area contributed by atoms with E-state index in [1.807, 2.05) is 49.4 Å². The number of anilines is 2. The number of guanidine groups is 1. The Balaban J connectivity index is 1.75. The third-order valence-corrected chi connectivity index (χ3v) is 4.37. The maximum atomic E-state index is 5.97. The predicted octanol–water partition coefficient (Wildman–Crippen LogP) is 3.63. The number of aliphatic imine (C=N–C) groups is 1. The van der Waals surface area contributed by atoms with Gasteiger partial charge >= 0.3 is 0 Å². The normalized spacial score (nSPS) is 11.3. The van der Waals surface area contributed by atoms with Gasteiger partial charge in [0.15, 0.2) is 0 Å². The predicted molar refractivity (Wildman–Crippen MR) is 118 cm³/mol. The Morgan fingerprint density at radius 3 is 2.57 bits per heavy atom. The van der Waals surface area contributed by atoms with E-state index >= 15 is 0 Å². The van der Waals surface area contributed by atoms with Gasteiger partial charge in [-0.1, -0.05) is 31.2 Å².